The molecule has 38 heavy (non-hydrogen) atoms. The summed E-state index contributed by atoms with van der Waals surface area (Å²) in [5.41, 5.74) is 2.42. The van der Waals surface area contributed by atoms with Crippen molar-refractivity contribution in [3.05, 3.63) is 145 Å². The van der Waals surface area contributed by atoms with E-state index >= 15 is 0 Å². The largest absolute Gasteiger partial charge is 0.489 e. The molecule has 0 atom stereocenters. The molecule has 0 N–H and O–H groups in total. The van der Waals surface area contributed by atoms with Gasteiger partial charge in [0.1, 0.15) is 24.7 Å². The van der Waals surface area contributed by atoms with E-state index in [9.17, 15) is 0 Å². The quantitative estimate of drug-likeness (QED) is 0.216. The second-order valence-electron chi connectivity index (χ2n) is 9.64. The summed E-state index contributed by atoms with van der Waals surface area (Å²) in [7, 11) is 0. The van der Waals surface area contributed by atoms with Gasteiger partial charge in [-0.15, -0.1) is 0 Å². The average Bonchev–Trinajstić information content (AvgIpc) is 2.98. The number of hydrogen-bond acceptors (Lipinski definition) is 2. The van der Waals surface area contributed by atoms with Gasteiger partial charge in [0.15, 0.2) is 0 Å². The van der Waals surface area contributed by atoms with Crippen molar-refractivity contribution in [1.82, 2.24) is 0 Å². The van der Waals surface area contributed by atoms with Crippen LogP contribution in [0.1, 0.15) is 11.1 Å². The molecule has 0 aliphatic carbocycles. The van der Waals surface area contributed by atoms with Crippen molar-refractivity contribution in [1.29, 1.82) is 0 Å². The fourth-order valence-electron chi connectivity index (χ4n) is 5.47. The van der Waals surface area contributed by atoms with E-state index in [-0.39, 0.29) is 0 Å². The lowest BCUT2D eigenvalue weighted by atomic mass is 9.97. The van der Waals surface area contributed by atoms with Gasteiger partial charge in [0.2, 0.25) is 0 Å². The Hall–Kier alpha value is -4.82. The molecular formula is C36H26O2. The fraction of sp³-hybridized carbons (Fsp3) is 0.0556. The zero-order valence-corrected chi connectivity index (χ0v) is 20.9. The molecule has 0 fully saturated rings. The van der Waals surface area contributed by atoms with Gasteiger partial charge < -0.3 is 9.47 Å². The lowest BCUT2D eigenvalue weighted by Gasteiger charge is -2.14. The molecule has 7 aromatic rings. The van der Waals surface area contributed by atoms with Gasteiger partial charge in [0.25, 0.3) is 0 Å². The van der Waals surface area contributed by atoms with Crippen LogP contribution in [-0.2, 0) is 13.2 Å². The van der Waals surface area contributed by atoms with Crippen LogP contribution in [-0.4, -0.2) is 0 Å². The van der Waals surface area contributed by atoms with Crippen molar-refractivity contribution >= 4 is 43.1 Å². The van der Waals surface area contributed by atoms with Crippen molar-refractivity contribution in [2.24, 2.45) is 0 Å². The molecule has 7 rings (SSSR count). The Balaban J connectivity index is 1.12. The topological polar surface area (TPSA) is 18.5 Å². The molecule has 0 aliphatic heterocycles. The Morgan fingerprint density at radius 2 is 0.632 bits per heavy atom. The molecular weight excluding hydrogens is 464 g/mol. The first-order valence-electron chi connectivity index (χ1n) is 13.0. The van der Waals surface area contributed by atoms with Crippen LogP contribution in [0.2, 0.25) is 0 Å². The zero-order chi connectivity index (χ0) is 25.3. The first-order valence-corrected chi connectivity index (χ1v) is 13.0. The third-order valence-electron chi connectivity index (χ3n) is 7.36. The van der Waals surface area contributed by atoms with E-state index in [0.717, 1.165) is 11.5 Å². The molecule has 0 unspecified atom stereocenters. The lowest BCUT2D eigenvalue weighted by molar-refractivity contribution is 0.300. The predicted octanol–water partition coefficient (Wildman–Crippen LogP) is 9.46. The molecule has 0 aliphatic rings. The van der Waals surface area contributed by atoms with Crippen LogP contribution < -0.4 is 9.47 Å². The van der Waals surface area contributed by atoms with Gasteiger partial charge in [-0.2, -0.15) is 0 Å². The summed E-state index contributed by atoms with van der Waals surface area (Å²) in [6.45, 7) is 1.01. The standard InChI is InChI=1S/C36H26O2/c1-5-13-31-25(9-1)21-26-10-2-6-14-32(26)35(31)23-37-29-17-19-30(20-18-29)38-24-36-33-15-7-3-11-27(33)22-28-12-4-8-16-34(28)36/h1-22H,23-24H2. The Morgan fingerprint density at radius 3 is 0.947 bits per heavy atom. The minimum atomic E-state index is 0.504. The highest BCUT2D eigenvalue weighted by Crippen LogP contribution is 2.31. The second-order valence-corrected chi connectivity index (χ2v) is 9.64. The predicted molar refractivity (Wildman–Crippen MR) is 158 cm³/mol. The monoisotopic (exact) mass is 490 g/mol. The van der Waals surface area contributed by atoms with Crippen LogP contribution in [0.5, 0.6) is 11.5 Å². The number of ether oxygens (including phenoxy) is 2. The maximum Gasteiger partial charge on any atom is 0.120 e. The van der Waals surface area contributed by atoms with Gasteiger partial charge in [-0.1, -0.05) is 97.1 Å². The van der Waals surface area contributed by atoms with Crippen LogP contribution in [0.4, 0.5) is 0 Å². The normalized spacial score (nSPS) is 11.4. The molecule has 0 heterocycles. The molecule has 0 aromatic heterocycles. The summed E-state index contributed by atoms with van der Waals surface area (Å²) in [6, 6.07) is 46.5. The third-order valence-corrected chi connectivity index (χ3v) is 7.36. The summed E-state index contributed by atoms with van der Waals surface area (Å²) in [6.07, 6.45) is 0. The van der Waals surface area contributed by atoms with Crippen molar-refractivity contribution in [2.75, 3.05) is 0 Å². The van der Waals surface area contributed by atoms with Crippen LogP contribution in [0.25, 0.3) is 43.1 Å². The summed E-state index contributed by atoms with van der Waals surface area (Å²) in [4.78, 5) is 0. The summed E-state index contributed by atoms with van der Waals surface area (Å²) in [5.74, 6) is 1.65. The van der Waals surface area contributed by atoms with Crippen LogP contribution in [0, 0.1) is 0 Å². The Labute approximate surface area is 221 Å². The smallest absolute Gasteiger partial charge is 0.120 e. The molecule has 0 amide bonds. The SMILES string of the molecule is c1ccc2c(COc3ccc(OCc4c5ccccc5cc5ccccc45)cc3)c3ccccc3cc2c1. The van der Waals surface area contributed by atoms with E-state index in [4.69, 9.17) is 9.47 Å². The van der Waals surface area contributed by atoms with E-state index in [1.54, 1.807) is 0 Å². The molecule has 0 saturated heterocycles. The van der Waals surface area contributed by atoms with Gasteiger partial charge in [-0.05, 0) is 79.5 Å². The molecule has 0 bridgehead atoms. The second kappa shape index (κ2) is 9.57. The van der Waals surface area contributed by atoms with Gasteiger partial charge in [0, 0.05) is 11.1 Å². The van der Waals surface area contributed by atoms with E-state index in [2.05, 4.69) is 109 Å². The third kappa shape index (κ3) is 4.10. The van der Waals surface area contributed by atoms with E-state index in [1.807, 2.05) is 24.3 Å². The number of benzene rings is 7. The van der Waals surface area contributed by atoms with Crippen molar-refractivity contribution < 1.29 is 9.47 Å². The Kier molecular flexibility index (Phi) is 5.64. The zero-order valence-electron chi connectivity index (χ0n) is 20.9. The fourth-order valence-corrected chi connectivity index (χ4v) is 5.47. The summed E-state index contributed by atoms with van der Waals surface area (Å²) >= 11 is 0. The number of hydrogen-bond donors (Lipinski definition) is 0. The van der Waals surface area contributed by atoms with Crippen LogP contribution in [0.15, 0.2) is 133 Å². The average molecular weight is 491 g/mol. The molecule has 0 spiro atoms. The van der Waals surface area contributed by atoms with E-state index in [1.165, 1.54) is 54.2 Å². The number of rotatable bonds is 6. The van der Waals surface area contributed by atoms with E-state index < -0.39 is 0 Å². The summed E-state index contributed by atoms with van der Waals surface area (Å²) < 4.78 is 12.6. The number of fused-ring (bicyclic) bond motifs is 4. The van der Waals surface area contributed by atoms with E-state index in [0.29, 0.717) is 13.2 Å². The molecule has 0 radical (unpaired) electrons. The van der Waals surface area contributed by atoms with Crippen molar-refractivity contribution in [3.8, 4) is 11.5 Å². The highest BCUT2D eigenvalue weighted by atomic mass is 16.5. The molecule has 2 nitrogen and oxygen atoms in total. The first kappa shape index (κ1) is 22.4. The van der Waals surface area contributed by atoms with Crippen molar-refractivity contribution in [3.63, 3.8) is 0 Å². The Morgan fingerprint density at radius 1 is 0.342 bits per heavy atom. The minimum absolute atomic E-state index is 0.504. The highest BCUT2D eigenvalue weighted by Gasteiger charge is 2.10. The van der Waals surface area contributed by atoms with Crippen molar-refractivity contribution in [2.45, 2.75) is 13.2 Å². The molecule has 0 saturated carbocycles. The lowest BCUT2D eigenvalue weighted by Crippen LogP contribution is -1.99. The van der Waals surface area contributed by atoms with Gasteiger partial charge in [-0.3, -0.25) is 0 Å². The molecule has 2 heteroatoms. The van der Waals surface area contributed by atoms with Crippen LogP contribution in [0.3, 0.4) is 0 Å². The Bertz CT molecular complexity index is 1670. The first-order chi connectivity index (χ1) is 18.8. The molecule has 7 aromatic carbocycles. The van der Waals surface area contributed by atoms with Gasteiger partial charge in [0.05, 0.1) is 0 Å². The maximum absolute atomic E-state index is 6.29. The van der Waals surface area contributed by atoms with Gasteiger partial charge in [-0.25, -0.2) is 0 Å². The van der Waals surface area contributed by atoms with Crippen LogP contribution >= 0.6 is 0 Å². The maximum atomic E-state index is 6.29. The molecule has 182 valence electrons. The minimum Gasteiger partial charge on any atom is -0.489 e. The highest BCUT2D eigenvalue weighted by molar-refractivity contribution is 6.03. The summed E-state index contributed by atoms with van der Waals surface area (Å²) in [5, 5.41) is 9.84. The van der Waals surface area contributed by atoms with Gasteiger partial charge >= 0.3 is 0 Å².